The number of carbonyl (C=O) groups is 2. The molecule has 1 aromatic heterocycles. The zero-order valence-corrected chi connectivity index (χ0v) is 17.5. The minimum atomic E-state index is -2.94. The quantitative estimate of drug-likeness (QED) is 0.763. The summed E-state index contributed by atoms with van der Waals surface area (Å²) in [6.07, 6.45) is 0. The number of hydrogen-bond acceptors (Lipinski definition) is 6. The Balaban J connectivity index is 2.15. The van der Waals surface area contributed by atoms with Crippen molar-refractivity contribution in [1.29, 1.82) is 0 Å². The van der Waals surface area contributed by atoms with Gasteiger partial charge in [0.2, 0.25) is 5.91 Å². The standard InChI is InChI=1S/C18H21N3O4S2/c1-9-15(26-17(19-9)20-10(2)22)11-6-12-8-21(18(3,4)5)16(23)14(12)13(7-11)27(24)25/h6-7,27H,8H2,1-5H3,(H,19,20,22). The molecule has 0 aliphatic carbocycles. The highest BCUT2D eigenvalue weighted by Gasteiger charge is 2.37. The highest BCUT2D eigenvalue weighted by Crippen LogP contribution is 2.39. The summed E-state index contributed by atoms with van der Waals surface area (Å²) in [5, 5.41) is 3.10. The molecule has 3 rings (SSSR count). The maximum atomic E-state index is 12.8. The van der Waals surface area contributed by atoms with Crippen molar-refractivity contribution in [3.05, 3.63) is 29.0 Å². The van der Waals surface area contributed by atoms with Crippen LogP contribution in [0.4, 0.5) is 5.13 Å². The average molecular weight is 408 g/mol. The molecule has 0 fully saturated rings. The Hall–Kier alpha value is -2.26. The van der Waals surface area contributed by atoms with E-state index in [9.17, 15) is 18.0 Å². The first kappa shape index (κ1) is 19.5. The predicted octanol–water partition coefficient (Wildman–Crippen LogP) is 2.80. The van der Waals surface area contributed by atoms with Crippen LogP contribution in [0.3, 0.4) is 0 Å². The number of thiol groups is 1. The van der Waals surface area contributed by atoms with E-state index >= 15 is 0 Å². The Kier molecular flexibility index (Phi) is 4.85. The fourth-order valence-corrected chi connectivity index (χ4v) is 4.79. The molecule has 1 N–H and O–H groups in total. The zero-order chi connectivity index (χ0) is 20.1. The average Bonchev–Trinajstić information content (AvgIpc) is 3.05. The van der Waals surface area contributed by atoms with Crippen molar-refractivity contribution in [2.75, 3.05) is 5.32 Å². The third kappa shape index (κ3) is 3.61. The van der Waals surface area contributed by atoms with Gasteiger partial charge in [0, 0.05) is 19.0 Å². The van der Waals surface area contributed by atoms with Crippen molar-refractivity contribution in [2.24, 2.45) is 0 Å². The van der Waals surface area contributed by atoms with Crippen LogP contribution in [0.5, 0.6) is 0 Å². The van der Waals surface area contributed by atoms with Crippen molar-refractivity contribution < 1.29 is 18.0 Å². The maximum Gasteiger partial charge on any atom is 0.256 e. The van der Waals surface area contributed by atoms with E-state index in [0.717, 1.165) is 4.88 Å². The number of carbonyl (C=O) groups excluding carboxylic acids is 2. The first-order valence-electron chi connectivity index (χ1n) is 8.37. The van der Waals surface area contributed by atoms with Gasteiger partial charge >= 0.3 is 0 Å². The molecule has 27 heavy (non-hydrogen) atoms. The van der Waals surface area contributed by atoms with Crippen molar-refractivity contribution in [3.63, 3.8) is 0 Å². The second kappa shape index (κ2) is 6.72. The molecule has 2 amide bonds. The summed E-state index contributed by atoms with van der Waals surface area (Å²) in [6, 6.07) is 3.37. The first-order chi connectivity index (χ1) is 12.5. The van der Waals surface area contributed by atoms with Gasteiger partial charge in [-0.25, -0.2) is 13.4 Å². The van der Waals surface area contributed by atoms with Crippen LogP contribution in [0.15, 0.2) is 17.0 Å². The van der Waals surface area contributed by atoms with Gasteiger partial charge in [-0.3, -0.25) is 9.59 Å². The number of anilines is 1. The molecule has 9 heteroatoms. The molecule has 0 atom stereocenters. The SMILES string of the molecule is CC(=O)Nc1nc(C)c(-c2cc3c(c([SH](=O)=O)c2)C(=O)N(C(C)(C)C)C3)s1. The molecule has 0 bridgehead atoms. The number of amides is 2. The molecule has 0 unspecified atom stereocenters. The molecule has 0 radical (unpaired) electrons. The van der Waals surface area contributed by atoms with E-state index in [2.05, 4.69) is 10.3 Å². The topological polar surface area (TPSA) is 96.4 Å². The molecule has 7 nitrogen and oxygen atoms in total. The molecule has 2 aromatic rings. The van der Waals surface area contributed by atoms with Crippen molar-refractivity contribution in [2.45, 2.75) is 51.6 Å². The number of aryl methyl sites for hydroxylation is 1. The lowest BCUT2D eigenvalue weighted by molar-refractivity contribution is -0.114. The minimum absolute atomic E-state index is 0.0307. The number of benzene rings is 1. The lowest BCUT2D eigenvalue weighted by Crippen LogP contribution is -2.41. The lowest BCUT2D eigenvalue weighted by Gasteiger charge is -2.31. The van der Waals surface area contributed by atoms with Gasteiger partial charge < -0.3 is 10.2 Å². The summed E-state index contributed by atoms with van der Waals surface area (Å²) >= 11 is 1.28. The van der Waals surface area contributed by atoms with E-state index in [1.807, 2.05) is 26.8 Å². The van der Waals surface area contributed by atoms with Gasteiger partial charge in [-0.1, -0.05) is 11.3 Å². The van der Waals surface area contributed by atoms with E-state index in [1.165, 1.54) is 24.3 Å². The van der Waals surface area contributed by atoms with Crippen LogP contribution in [0.1, 0.15) is 49.3 Å². The number of fused-ring (bicyclic) bond motifs is 1. The van der Waals surface area contributed by atoms with Crippen LogP contribution in [0, 0.1) is 6.92 Å². The number of hydrogen-bond donors (Lipinski definition) is 2. The molecule has 0 saturated carbocycles. The van der Waals surface area contributed by atoms with Crippen LogP contribution >= 0.6 is 11.3 Å². The summed E-state index contributed by atoms with van der Waals surface area (Å²) in [5.74, 6) is -0.489. The van der Waals surface area contributed by atoms with Gasteiger partial charge in [0.25, 0.3) is 5.91 Å². The Morgan fingerprint density at radius 1 is 1.30 bits per heavy atom. The molecule has 1 aliphatic heterocycles. The molecule has 0 saturated heterocycles. The zero-order valence-electron chi connectivity index (χ0n) is 15.7. The molecule has 2 heterocycles. The number of nitrogens with zero attached hydrogens (tertiary/aromatic N) is 2. The molecule has 144 valence electrons. The minimum Gasteiger partial charge on any atom is -0.329 e. The monoisotopic (exact) mass is 407 g/mol. The molecule has 1 aromatic carbocycles. The number of thiazole rings is 1. The van der Waals surface area contributed by atoms with Crippen LogP contribution in [0.25, 0.3) is 10.4 Å². The van der Waals surface area contributed by atoms with Crippen LogP contribution in [0.2, 0.25) is 0 Å². The molecule has 1 aliphatic rings. The Morgan fingerprint density at radius 2 is 1.96 bits per heavy atom. The van der Waals surface area contributed by atoms with Gasteiger partial charge in [-0.05, 0) is 51.0 Å². The molecule has 0 spiro atoms. The number of rotatable bonds is 3. The van der Waals surface area contributed by atoms with Crippen molar-refractivity contribution in [3.8, 4) is 10.4 Å². The third-order valence-electron chi connectivity index (χ3n) is 4.33. The van der Waals surface area contributed by atoms with E-state index < -0.39 is 16.2 Å². The van der Waals surface area contributed by atoms with Gasteiger partial charge in [-0.15, -0.1) is 0 Å². The third-order valence-corrected chi connectivity index (χ3v) is 6.20. The smallest absolute Gasteiger partial charge is 0.256 e. The molecular formula is C18H21N3O4S2. The number of nitrogens with one attached hydrogen (secondary N) is 1. The predicted molar refractivity (Wildman–Crippen MR) is 105 cm³/mol. The van der Waals surface area contributed by atoms with Gasteiger partial charge in [-0.2, -0.15) is 0 Å². The maximum absolute atomic E-state index is 12.8. The van der Waals surface area contributed by atoms with Crippen LogP contribution < -0.4 is 5.32 Å². The van der Waals surface area contributed by atoms with Crippen LogP contribution in [-0.4, -0.2) is 35.7 Å². The van der Waals surface area contributed by atoms with E-state index in [-0.39, 0.29) is 22.3 Å². The Bertz CT molecular complexity index is 1020. The highest BCUT2D eigenvalue weighted by atomic mass is 32.2. The van der Waals surface area contributed by atoms with Gasteiger partial charge in [0.1, 0.15) is 0 Å². The first-order valence-corrected chi connectivity index (χ1v) is 10.4. The fourth-order valence-electron chi connectivity index (χ4n) is 3.12. The summed E-state index contributed by atoms with van der Waals surface area (Å²) in [7, 11) is -2.94. The Labute approximate surface area is 163 Å². The lowest BCUT2D eigenvalue weighted by atomic mass is 10.0. The van der Waals surface area contributed by atoms with Crippen LogP contribution in [-0.2, 0) is 22.0 Å². The van der Waals surface area contributed by atoms with Crippen molar-refractivity contribution in [1.82, 2.24) is 9.88 Å². The summed E-state index contributed by atoms with van der Waals surface area (Å²) < 4.78 is 23.8. The van der Waals surface area contributed by atoms with E-state index in [1.54, 1.807) is 11.8 Å². The molecular weight excluding hydrogens is 386 g/mol. The normalized spacial score (nSPS) is 14.0. The summed E-state index contributed by atoms with van der Waals surface area (Å²) in [4.78, 5) is 30.9. The van der Waals surface area contributed by atoms with Crippen molar-refractivity contribution >= 4 is 39.0 Å². The fraction of sp³-hybridized carbons (Fsp3) is 0.389. The van der Waals surface area contributed by atoms with E-state index in [0.29, 0.717) is 28.5 Å². The van der Waals surface area contributed by atoms with Gasteiger partial charge in [0.15, 0.2) is 15.8 Å². The second-order valence-corrected chi connectivity index (χ2v) is 9.46. The van der Waals surface area contributed by atoms with E-state index in [4.69, 9.17) is 0 Å². The summed E-state index contributed by atoms with van der Waals surface area (Å²) in [6.45, 7) is 9.31. The second-order valence-electron chi connectivity index (χ2n) is 7.46. The largest absolute Gasteiger partial charge is 0.329 e. The highest BCUT2D eigenvalue weighted by molar-refractivity contribution is 7.72. The van der Waals surface area contributed by atoms with Gasteiger partial charge in [0.05, 0.1) is 21.0 Å². The summed E-state index contributed by atoms with van der Waals surface area (Å²) in [5.41, 5.74) is 1.90. The number of aromatic nitrogens is 1. The Morgan fingerprint density at radius 3 is 2.52 bits per heavy atom.